The van der Waals surface area contributed by atoms with Crippen LogP contribution in [-0.4, -0.2) is 45.4 Å². The summed E-state index contributed by atoms with van der Waals surface area (Å²) >= 11 is 0. The lowest BCUT2D eigenvalue weighted by atomic mass is 9.95. The molecular weight excluding hydrogens is 272 g/mol. The Labute approximate surface area is 122 Å². The Morgan fingerprint density at radius 2 is 1.95 bits per heavy atom. The Hall–Kier alpha value is -2.37. The molecule has 1 aromatic carbocycles. The highest BCUT2D eigenvalue weighted by atomic mass is 16.4. The minimum absolute atomic E-state index is 0.0397. The first-order valence-corrected chi connectivity index (χ1v) is 6.98. The zero-order valence-electron chi connectivity index (χ0n) is 11.5. The molecule has 2 aliphatic heterocycles. The molecule has 1 N–H and O–H groups in total. The number of imide groups is 1. The summed E-state index contributed by atoms with van der Waals surface area (Å²) in [6, 6.07) is 7.07. The Balaban J connectivity index is 1.75. The van der Waals surface area contributed by atoms with Crippen molar-refractivity contribution in [3.63, 3.8) is 0 Å². The van der Waals surface area contributed by atoms with Crippen molar-refractivity contribution in [3.8, 4) is 0 Å². The highest BCUT2D eigenvalue weighted by Gasteiger charge is 2.46. The lowest BCUT2D eigenvalue weighted by molar-refractivity contribution is -0.137. The molecule has 0 aliphatic carbocycles. The second-order valence-corrected chi connectivity index (χ2v) is 5.39. The van der Waals surface area contributed by atoms with E-state index in [1.54, 1.807) is 4.90 Å². The smallest absolute Gasteiger partial charge is 0.327 e. The second-order valence-electron chi connectivity index (χ2n) is 5.39. The zero-order chi connectivity index (χ0) is 15.0. The third kappa shape index (κ3) is 2.37. The molecule has 3 rings (SSSR count). The molecule has 2 heterocycles. The first-order valence-electron chi connectivity index (χ1n) is 6.98. The molecule has 1 unspecified atom stereocenters. The van der Waals surface area contributed by atoms with Crippen LogP contribution >= 0.6 is 0 Å². The molecular formula is C15H16N2O4. The third-order valence-electron chi connectivity index (χ3n) is 4.05. The van der Waals surface area contributed by atoms with Crippen LogP contribution in [0.2, 0.25) is 0 Å². The van der Waals surface area contributed by atoms with Crippen LogP contribution in [0.3, 0.4) is 0 Å². The molecule has 0 radical (unpaired) electrons. The summed E-state index contributed by atoms with van der Waals surface area (Å²) in [5.41, 5.74) is 2.18. The average molecular weight is 288 g/mol. The van der Waals surface area contributed by atoms with Crippen LogP contribution in [0.4, 0.5) is 4.79 Å². The van der Waals surface area contributed by atoms with Crippen molar-refractivity contribution in [2.24, 2.45) is 0 Å². The number of carboxylic acid groups (broad SMARTS) is 1. The van der Waals surface area contributed by atoms with Gasteiger partial charge >= 0.3 is 12.0 Å². The molecule has 6 nitrogen and oxygen atoms in total. The third-order valence-corrected chi connectivity index (χ3v) is 4.05. The van der Waals surface area contributed by atoms with Gasteiger partial charge in [0.05, 0.1) is 0 Å². The molecule has 0 aromatic heterocycles. The number of aliphatic carboxylic acids is 1. The summed E-state index contributed by atoms with van der Waals surface area (Å²) in [6.07, 6.45) is 0.790. The summed E-state index contributed by atoms with van der Waals surface area (Å²) in [6.45, 7) is 0.619. The number of amides is 3. The van der Waals surface area contributed by atoms with E-state index < -0.39 is 12.0 Å². The number of rotatable bonds is 4. The molecule has 0 saturated carbocycles. The molecule has 110 valence electrons. The topological polar surface area (TPSA) is 77.9 Å². The molecule has 1 atom stereocenters. The maximum Gasteiger partial charge on any atom is 0.327 e. The standard InChI is InChI=1S/C15H16N2O4/c18-13(19)6-3-7-16-14(20)12-8-10-4-1-2-5-11(10)9-17(12)15(16)21/h1-2,4-5,12H,3,6-9H2,(H,18,19). The van der Waals surface area contributed by atoms with E-state index in [9.17, 15) is 14.4 Å². The normalized spacial score (nSPS) is 20.5. The summed E-state index contributed by atoms with van der Waals surface area (Å²) < 4.78 is 0. The van der Waals surface area contributed by atoms with Crippen molar-refractivity contribution >= 4 is 17.9 Å². The van der Waals surface area contributed by atoms with Crippen LogP contribution in [0.15, 0.2) is 24.3 Å². The second kappa shape index (κ2) is 5.20. The van der Waals surface area contributed by atoms with Gasteiger partial charge in [-0.2, -0.15) is 0 Å². The van der Waals surface area contributed by atoms with E-state index in [0.717, 1.165) is 11.1 Å². The quantitative estimate of drug-likeness (QED) is 0.846. The number of carbonyl (C=O) groups is 3. The average Bonchev–Trinajstić information content (AvgIpc) is 2.69. The van der Waals surface area contributed by atoms with Crippen LogP contribution in [0, 0.1) is 0 Å². The van der Waals surface area contributed by atoms with Gasteiger partial charge in [-0.05, 0) is 17.5 Å². The largest absolute Gasteiger partial charge is 0.481 e. The van der Waals surface area contributed by atoms with E-state index in [4.69, 9.17) is 5.11 Å². The van der Waals surface area contributed by atoms with Crippen molar-refractivity contribution < 1.29 is 19.5 Å². The molecule has 1 fully saturated rings. The van der Waals surface area contributed by atoms with Gasteiger partial charge in [0.25, 0.3) is 5.91 Å². The van der Waals surface area contributed by atoms with Gasteiger partial charge < -0.3 is 10.0 Å². The van der Waals surface area contributed by atoms with Gasteiger partial charge in [-0.25, -0.2) is 4.79 Å². The molecule has 6 heteroatoms. The maximum absolute atomic E-state index is 12.4. The summed E-state index contributed by atoms with van der Waals surface area (Å²) in [4.78, 5) is 38.0. The van der Waals surface area contributed by atoms with Crippen molar-refractivity contribution in [3.05, 3.63) is 35.4 Å². The highest BCUT2D eigenvalue weighted by Crippen LogP contribution is 2.29. The van der Waals surface area contributed by atoms with E-state index in [2.05, 4.69) is 0 Å². The molecule has 1 saturated heterocycles. The van der Waals surface area contributed by atoms with Crippen molar-refractivity contribution in [1.29, 1.82) is 0 Å². The molecule has 21 heavy (non-hydrogen) atoms. The number of urea groups is 1. The monoisotopic (exact) mass is 288 g/mol. The van der Waals surface area contributed by atoms with Gasteiger partial charge in [-0.3, -0.25) is 14.5 Å². The fraction of sp³-hybridized carbons (Fsp3) is 0.400. The maximum atomic E-state index is 12.4. The minimum Gasteiger partial charge on any atom is -0.481 e. The SMILES string of the molecule is O=C(O)CCCN1C(=O)C2Cc3ccccc3CN2C1=O. The molecule has 3 amide bonds. The van der Waals surface area contributed by atoms with Crippen molar-refractivity contribution in [2.75, 3.05) is 6.54 Å². The Morgan fingerprint density at radius 1 is 1.24 bits per heavy atom. The number of benzene rings is 1. The Morgan fingerprint density at radius 3 is 2.67 bits per heavy atom. The molecule has 2 aliphatic rings. The lowest BCUT2D eigenvalue weighted by Gasteiger charge is -2.28. The van der Waals surface area contributed by atoms with Crippen molar-refractivity contribution in [1.82, 2.24) is 9.80 Å². The van der Waals surface area contributed by atoms with Gasteiger partial charge in [0.2, 0.25) is 0 Å². The number of carbonyl (C=O) groups excluding carboxylic acids is 2. The van der Waals surface area contributed by atoms with E-state index in [-0.39, 0.29) is 24.9 Å². The van der Waals surface area contributed by atoms with Crippen LogP contribution in [0.25, 0.3) is 0 Å². The number of nitrogens with zero attached hydrogens (tertiary/aromatic N) is 2. The zero-order valence-corrected chi connectivity index (χ0v) is 11.5. The molecule has 1 aromatic rings. The van der Waals surface area contributed by atoms with Gasteiger partial charge in [-0.1, -0.05) is 24.3 Å². The fourth-order valence-electron chi connectivity index (χ4n) is 2.97. The van der Waals surface area contributed by atoms with E-state index >= 15 is 0 Å². The van der Waals surface area contributed by atoms with Gasteiger partial charge in [-0.15, -0.1) is 0 Å². The Bertz CT molecular complexity index is 570. The van der Waals surface area contributed by atoms with E-state index in [1.807, 2.05) is 24.3 Å². The summed E-state index contributed by atoms with van der Waals surface area (Å²) in [5.74, 6) is -1.13. The summed E-state index contributed by atoms with van der Waals surface area (Å²) in [5, 5.41) is 8.65. The molecule has 0 bridgehead atoms. The fourth-order valence-corrected chi connectivity index (χ4v) is 2.97. The first-order chi connectivity index (χ1) is 10.1. The van der Waals surface area contributed by atoms with Crippen LogP contribution < -0.4 is 0 Å². The molecule has 0 spiro atoms. The predicted molar refractivity (Wildman–Crippen MR) is 73.5 cm³/mol. The van der Waals surface area contributed by atoms with E-state index in [0.29, 0.717) is 19.4 Å². The number of hydrogen-bond acceptors (Lipinski definition) is 3. The van der Waals surface area contributed by atoms with Crippen LogP contribution in [0.1, 0.15) is 24.0 Å². The Kier molecular flexibility index (Phi) is 3.37. The minimum atomic E-state index is -0.917. The van der Waals surface area contributed by atoms with Gasteiger partial charge in [0.15, 0.2) is 0 Å². The number of fused-ring (bicyclic) bond motifs is 2. The van der Waals surface area contributed by atoms with Gasteiger partial charge in [0.1, 0.15) is 6.04 Å². The number of carboxylic acids is 1. The number of hydrogen-bond donors (Lipinski definition) is 1. The van der Waals surface area contributed by atoms with Crippen molar-refractivity contribution in [2.45, 2.75) is 31.8 Å². The van der Waals surface area contributed by atoms with Gasteiger partial charge in [0, 0.05) is 25.9 Å². The lowest BCUT2D eigenvalue weighted by Crippen LogP contribution is -2.39. The summed E-state index contributed by atoms with van der Waals surface area (Å²) in [7, 11) is 0. The van der Waals surface area contributed by atoms with Crippen LogP contribution in [-0.2, 0) is 22.6 Å². The highest BCUT2D eigenvalue weighted by molar-refractivity contribution is 6.04. The predicted octanol–water partition coefficient (Wildman–Crippen LogP) is 1.24. The van der Waals surface area contributed by atoms with E-state index in [1.165, 1.54) is 4.90 Å². The first kappa shape index (κ1) is 13.6. The van der Waals surface area contributed by atoms with Crippen LogP contribution in [0.5, 0.6) is 0 Å².